The quantitative estimate of drug-likeness (QED) is 0.679. The van der Waals surface area contributed by atoms with Crippen LogP contribution in [0.2, 0.25) is 0 Å². The highest BCUT2D eigenvalue weighted by Gasteiger charge is 2.45. The molecular weight excluding hydrogens is 371 g/mol. The van der Waals surface area contributed by atoms with Gasteiger partial charge in [-0.15, -0.1) is 0 Å². The molecule has 3 nitrogen and oxygen atoms in total. The van der Waals surface area contributed by atoms with E-state index >= 15 is 0 Å². The summed E-state index contributed by atoms with van der Waals surface area (Å²) in [6, 6.07) is 12.1. The van der Waals surface area contributed by atoms with Crippen molar-refractivity contribution in [1.29, 1.82) is 0 Å². The summed E-state index contributed by atoms with van der Waals surface area (Å²) in [4.78, 5) is 15.5. The summed E-state index contributed by atoms with van der Waals surface area (Å²) >= 11 is 3.37. The van der Waals surface area contributed by atoms with Crippen LogP contribution in [0.1, 0.15) is 28.8 Å². The highest BCUT2D eigenvalue weighted by atomic mass is 79.9. The Morgan fingerprint density at radius 2 is 1.96 bits per heavy atom. The molecule has 1 aromatic heterocycles. The maximum atomic E-state index is 13.3. The van der Waals surface area contributed by atoms with Crippen LogP contribution in [0.15, 0.2) is 53.1 Å². The summed E-state index contributed by atoms with van der Waals surface area (Å²) in [5.41, 5.74) is 2.57. The molecule has 1 aliphatic rings. The normalized spacial score (nSPS) is 15.4. The Labute approximate surface area is 147 Å². The van der Waals surface area contributed by atoms with Crippen LogP contribution in [0.5, 0.6) is 0 Å². The molecule has 1 aliphatic carbocycles. The van der Waals surface area contributed by atoms with Crippen LogP contribution in [0.3, 0.4) is 0 Å². The molecule has 1 heterocycles. The van der Waals surface area contributed by atoms with E-state index in [1.54, 1.807) is 12.1 Å². The SMILES string of the molecule is O=C(NCC1(c2c[nH]c3cc(F)ccc23)CC1)c1ccc(Br)cc1. The number of aromatic amines is 1. The number of amides is 1. The zero-order valence-corrected chi connectivity index (χ0v) is 14.5. The topological polar surface area (TPSA) is 44.9 Å². The van der Waals surface area contributed by atoms with Crippen LogP contribution >= 0.6 is 15.9 Å². The highest BCUT2D eigenvalue weighted by molar-refractivity contribution is 9.10. The number of carbonyl (C=O) groups is 1. The number of halogens is 2. The Morgan fingerprint density at radius 3 is 2.67 bits per heavy atom. The number of hydrogen-bond donors (Lipinski definition) is 2. The molecule has 24 heavy (non-hydrogen) atoms. The van der Waals surface area contributed by atoms with Gasteiger partial charge in [0, 0.05) is 39.1 Å². The van der Waals surface area contributed by atoms with Gasteiger partial charge >= 0.3 is 0 Å². The van der Waals surface area contributed by atoms with E-state index in [1.807, 2.05) is 24.4 Å². The van der Waals surface area contributed by atoms with Crippen molar-refractivity contribution in [3.63, 3.8) is 0 Å². The molecule has 4 rings (SSSR count). The molecule has 3 aromatic rings. The van der Waals surface area contributed by atoms with Gasteiger partial charge in [-0.1, -0.05) is 15.9 Å². The van der Waals surface area contributed by atoms with Gasteiger partial charge in [-0.2, -0.15) is 0 Å². The zero-order valence-electron chi connectivity index (χ0n) is 12.9. The van der Waals surface area contributed by atoms with Crippen LogP contribution in [-0.2, 0) is 5.41 Å². The molecular formula is C19H16BrFN2O. The van der Waals surface area contributed by atoms with Gasteiger partial charge in [-0.3, -0.25) is 4.79 Å². The van der Waals surface area contributed by atoms with Crippen molar-refractivity contribution in [2.75, 3.05) is 6.54 Å². The fourth-order valence-corrected chi connectivity index (χ4v) is 3.45. The second kappa shape index (κ2) is 5.74. The molecule has 1 saturated carbocycles. The van der Waals surface area contributed by atoms with E-state index in [4.69, 9.17) is 0 Å². The molecule has 0 saturated heterocycles. The lowest BCUT2D eigenvalue weighted by Gasteiger charge is -2.16. The molecule has 122 valence electrons. The number of H-pyrrole nitrogens is 1. The number of fused-ring (bicyclic) bond motifs is 1. The van der Waals surface area contributed by atoms with Gasteiger partial charge in [0.2, 0.25) is 0 Å². The van der Waals surface area contributed by atoms with Crippen LogP contribution in [0.25, 0.3) is 10.9 Å². The third-order valence-electron chi connectivity index (χ3n) is 4.76. The third kappa shape index (κ3) is 2.73. The van der Waals surface area contributed by atoms with Gasteiger partial charge in [-0.05, 0) is 60.9 Å². The minimum absolute atomic E-state index is 0.0406. The second-order valence-corrected chi connectivity index (χ2v) is 7.28. The predicted molar refractivity (Wildman–Crippen MR) is 95.6 cm³/mol. The average Bonchev–Trinajstić information content (AvgIpc) is 3.25. The summed E-state index contributed by atoms with van der Waals surface area (Å²) in [6.07, 6.45) is 4.00. The van der Waals surface area contributed by atoms with Crippen molar-refractivity contribution >= 4 is 32.7 Å². The zero-order chi connectivity index (χ0) is 16.7. The number of carbonyl (C=O) groups excluding carboxylic acids is 1. The first kappa shape index (κ1) is 15.4. The molecule has 0 radical (unpaired) electrons. The monoisotopic (exact) mass is 386 g/mol. The molecule has 0 bridgehead atoms. The molecule has 2 N–H and O–H groups in total. The van der Waals surface area contributed by atoms with Gasteiger partial charge in [0.1, 0.15) is 5.82 Å². The molecule has 0 spiro atoms. The summed E-state index contributed by atoms with van der Waals surface area (Å²) in [6.45, 7) is 0.590. The molecule has 2 aromatic carbocycles. The molecule has 1 fully saturated rings. The highest BCUT2D eigenvalue weighted by Crippen LogP contribution is 2.50. The lowest BCUT2D eigenvalue weighted by Crippen LogP contribution is -2.32. The number of nitrogens with one attached hydrogen (secondary N) is 2. The van der Waals surface area contributed by atoms with E-state index in [0.29, 0.717) is 12.1 Å². The Balaban J connectivity index is 1.53. The van der Waals surface area contributed by atoms with Crippen molar-refractivity contribution in [2.45, 2.75) is 18.3 Å². The Hall–Kier alpha value is -2.14. The van der Waals surface area contributed by atoms with E-state index < -0.39 is 0 Å². The minimum atomic E-state index is -0.246. The smallest absolute Gasteiger partial charge is 0.251 e. The van der Waals surface area contributed by atoms with Gasteiger partial charge in [0.25, 0.3) is 5.91 Å². The van der Waals surface area contributed by atoms with E-state index in [9.17, 15) is 9.18 Å². The number of aromatic nitrogens is 1. The third-order valence-corrected chi connectivity index (χ3v) is 5.29. The van der Waals surface area contributed by atoms with E-state index in [2.05, 4.69) is 26.2 Å². The Morgan fingerprint density at radius 1 is 1.21 bits per heavy atom. The lowest BCUT2D eigenvalue weighted by molar-refractivity contribution is 0.0949. The number of hydrogen-bond acceptors (Lipinski definition) is 1. The van der Waals surface area contributed by atoms with E-state index in [1.165, 1.54) is 12.1 Å². The molecule has 0 aliphatic heterocycles. The first-order valence-corrected chi connectivity index (χ1v) is 8.68. The fourth-order valence-electron chi connectivity index (χ4n) is 3.18. The van der Waals surface area contributed by atoms with Crippen LogP contribution < -0.4 is 5.32 Å². The van der Waals surface area contributed by atoms with Crippen molar-refractivity contribution in [3.8, 4) is 0 Å². The number of benzene rings is 2. The fraction of sp³-hybridized carbons (Fsp3) is 0.211. The largest absolute Gasteiger partial charge is 0.361 e. The van der Waals surface area contributed by atoms with Crippen molar-refractivity contribution in [3.05, 3.63) is 70.1 Å². The lowest BCUT2D eigenvalue weighted by atomic mass is 9.95. The average molecular weight is 387 g/mol. The van der Waals surface area contributed by atoms with Gasteiger partial charge in [0.15, 0.2) is 0 Å². The summed E-state index contributed by atoms with van der Waals surface area (Å²) in [5, 5.41) is 4.08. The van der Waals surface area contributed by atoms with Gasteiger partial charge < -0.3 is 10.3 Å². The first-order chi connectivity index (χ1) is 11.6. The summed E-state index contributed by atoms with van der Waals surface area (Å²) in [7, 11) is 0. The molecule has 0 atom stereocenters. The van der Waals surface area contributed by atoms with Crippen LogP contribution in [-0.4, -0.2) is 17.4 Å². The minimum Gasteiger partial charge on any atom is -0.361 e. The maximum absolute atomic E-state index is 13.3. The van der Waals surface area contributed by atoms with Crippen molar-refractivity contribution in [1.82, 2.24) is 10.3 Å². The Bertz CT molecular complexity index is 913. The predicted octanol–water partition coefficient (Wildman–Crippen LogP) is 4.53. The molecule has 0 unspecified atom stereocenters. The molecule has 5 heteroatoms. The first-order valence-electron chi connectivity index (χ1n) is 7.88. The van der Waals surface area contributed by atoms with Crippen molar-refractivity contribution in [2.24, 2.45) is 0 Å². The van der Waals surface area contributed by atoms with Gasteiger partial charge in [0.05, 0.1) is 0 Å². The van der Waals surface area contributed by atoms with E-state index in [0.717, 1.165) is 33.8 Å². The maximum Gasteiger partial charge on any atom is 0.251 e. The molecule has 1 amide bonds. The second-order valence-electron chi connectivity index (χ2n) is 6.36. The van der Waals surface area contributed by atoms with Crippen LogP contribution in [0, 0.1) is 5.82 Å². The number of rotatable bonds is 4. The Kier molecular flexibility index (Phi) is 3.68. The standard InChI is InChI=1S/C19H16BrFN2O/c20-13-3-1-12(2-4-13)18(24)23-11-19(7-8-19)16-10-22-17-9-14(21)5-6-15(16)17/h1-6,9-10,22H,7-8,11H2,(H,23,24). The van der Waals surface area contributed by atoms with Gasteiger partial charge in [-0.25, -0.2) is 4.39 Å². The van der Waals surface area contributed by atoms with Crippen LogP contribution in [0.4, 0.5) is 4.39 Å². The van der Waals surface area contributed by atoms with Crippen molar-refractivity contribution < 1.29 is 9.18 Å². The summed E-state index contributed by atoms with van der Waals surface area (Å²) < 4.78 is 14.3. The van der Waals surface area contributed by atoms with E-state index in [-0.39, 0.29) is 17.1 Å². The summed E-state index contributed by atoms with van der Waals surface area (Å²) in [5.74, 6) is -0.316.